The first-order valence-electron chi connectivity index (χ1n) is 14.8. The zero-order valence-electron chi connectivity index (χ0n) is 24.1. The molecule has 0 spiro atoms. The van der Waals surface area contributed by atoms with Crippen molar-refractivity contribution in [1.29, 1.82) is 0 Å². The second-order valence-electron chi connectivity index (χ2n) is 11.0. The molecular weight excluding hydrogens is 538 g/mol. The van der Waals surface area contributed by atoms with Gasteiger partial charge in [-0.3, -0.25) is 14.4 Å². The molecule has 7 nitrogen and oxygen atoms in total. The molecule has 0 saturated heterocycles. The van der Waals surface area contributed by atoms with Crippen LogP contribution in [0.3, 0.4) is 0 Å². The molecule has 2 amide bonds. The van der Waals surface area contributed by atoms with Gasteiger partial charge in [0.15, 0.2) is 0 Å². The molecule has 1 aromatic heterocycles. The van der Waals surface area contributed by atoms with E-state index in [-0.39, 0.29) is 18.7 Å². The third-order valence-corrected chi connectivity index (χ3v) is 7.91. The standard InChI is InChI=1S/C36H37N3O4/c40-34(41)23-29(14-8-11-26-17-18-27-12-4-5-13-28(27)21-26)35(42)39-33(22-30-24-38-32-16-7-6-15-31(30)32)36(43)37-20-19-25-9-2-1-3-10-25/h1-7,9-10,12-13,15-18,21,24,29,33,38H,8,11,14,19-20,22-23H2,(H,37,43)(H,39,42)(H,40,41). The summed E-state index contributed by atoms with van der Waals surface area (Å²) in [6.45, 7) is 0.424. The Labute approximate surface area is 251 Å². The number of fused-ring (bicyclic) bond motifs is 2. The molecule has 2 atom stereocenters. The lowest BCUT2D eigenvalue weighted by molar-refractivity contribution is -0.141. The molecule has 220 valence electrons. The van der Waals surface area contributed by atoms with Gasteiger partial charge in [0.1, 0.15) is 6.04 Å². The number of carbonyl (C=O) groups is 3. The van der Waals surface area contributed by atoms with Crippen LogP contribution in [0.4, 0.5) is 0 Å². The Morgan fingerprint density at radius 3 is 2.33 bits per heavy atom. The quantitative estimate of drug-likeness (QED) is 0.134. The van der Waals surface area contributed by atoms with Gasteiger partial charge in [-0.05, 0) is 59.2 Å². The molecule has 5 aromatic rings. The van der Waals surface area contributed by atoms with Crippen molar-refractivity contribution in [3.8, 4) is 0 Å². The van der Waals surface area contributed by atoms with Gasteiger partial charge in [-0.25, -0.2) is 0 Å². The highest BCUT2D eigenvalue weighted by Crippen LogP contribution is 2.22. The highest BCUT2D eigenvalue weighted by molar-refractivity contribution is 5.91. The smallest absolute Gasteiger partial charge is 0.304 e. The SMILES string of the molecule is O=C(O)CC(CCCc1ccc2ccccc2c1)C(=O)NC(Cc1c[nH]c2ccccc12)C(=O)NCCc1ccccc1. The van der Waals surface area contributed by atoms with Crippen LogP contribution in [0, 0.1) is 5.92 Å². The van der Waals surface area contributed by atoms with Crippen LogP contribution in [0.5, 0.6) is 0 Å². The predicted octanol–water partition coefficient (Wildman–Crippen LogP) is 5.82. The van der Waals surface area contributed by atoms with Crippen molar-refractivity contribution in [3.63, 3.8) is 0 Å². The number of benzene rings is 4. The van der Waals surface area contributed by atoms with Crippen molar-refractivity contribution >= 4 is 39.5 Å². The summed E-state index contributed by atoms with van der Waals surface area (Å²) in [5.41, 5.74) is 4.10. The summed E-state index contributed by atoms with van der Waals surface area (Å²) in [6, 6.07) is 31.3. The fourth-order valence-electron chi connectivity index (χ4n) is 5.60. The van der Waals surface area contributed by atoms with Gasteiger partial charge < -0.3 is 20.7 Å². The van der Waals surface area contributed by atoms with Crippen LogP contribution in [0.1, 0.15) is 36.0 Å². The molecular formula is C36H37N3O4. The molecule has 0 aliphatic rings. The Morgan fingerprint density at radius 2 is 1.51 bits per heavy atom. The second kappa shape index (κ2) is 14.3. The molecule has 0 bridgehead atoms. The number of hydrogen-bond acceptors (Lipinski definition) is 3. The Morgan fingerprint density at radius 1 is 0.767 bits per heavy atom. The van der Waals surface area contributed by atoms with E-state index in [1.54, 1.807) is 0 Å². The maximum atomic E-state index is 13.5. The third kappa shape index (κ3) is 8.10. The number of aromatic amines is 1. The van der Waals surface area contributed by atoms with Crippen molar-refractivity contribution in [2.24, 2.45) is 5.92 Å². The zero-order valence-corrected chi connectivity index (χ0v) is 24.1. The van der Waals surface area contributed by atoms with Gasteiger partial charge in [-0.1, -0.05) is 91.0 Å². The summed E-state index contributed by atoms with van der Waals surface area (Å²) in [6.07, 6.45) is 4.30. The van der Waals surface area contributed by atoms with Gasteiger partial charge in [0.25, 0.3) is 0 Å². The Kier molecular flexibility index (Phi) is 9.85. The molecule has 5 rings (SSSR count). The number of rotatable bonds is 14. The lowest BCUT2D eigenvalue weighted by atomic mass is 9.94. The van der Waals surface area contributed by atoms with E-state index >= 15 is 0 Å². The highest BCUT2D eigenvalue weighted by atomic mass is 16.4. The minimum Gasteiger partial charge on any atom is -0.481 e. The number of para-hydroxylation sites is 1. The van der Waals surface area contributed by atoms with E-state index in [4.69, 9.17) is 0 Å². The minimum atomic E-state index is -1.04. The number of aryl methyl sites for hydroxylation is 1. The predicted molar refractivity (Wildman–Crippen MR) is 170 cm³/mol. The molecule has 7 heteroatoms. The lowest BCUT2D eigenvalue weighted by Gasteiger charge is -2.22. The summed E-state index contributed by atoms with van der Waals surface area (Å²) >= 11 is 0. The maximum absolute atomic E-state index is 13.5. The number of nitrogens with one attached hydrogen (secondary N) is 3. The van der Waals surface area contributed by atoms with Crippen LogP contribution in [0.15, 0.2) is 103 Å². The number of amides is 2. The van der Waals surface area contributed by atoms with E-state index in [9.17, 15) is 19.5 Å². The molecule has 0 radical (unpaired) electrons. The third-order valence-electron chi connectivity index (χ3n) is 7.91. The molecule has 4 aromatic carbocycles. The molecule has 4 N–H and O–H groups in total. The van der Waals surface area contributed by atoms with Gasteiger partial charge in [-0.2, -0.15) is 0 Å². The van der Waals surface area contributed by atoms with E-state index in [0.29, 0.717) is 25.8 Å². The molecule has 0 aliphatic heterocycles. The lowest BCUT2D eigenvalue weighted by Crippen LogP contribution is -2.50. The van der Waals surface area contributed by atoms with Crippen LogP contribution in [-0.4, -0.2) is 40.5 Å². The fraction of sp³-hybridized carbons (Fsp3) is 0.250. The molecule has 1 heterocycles. The summed E-state index contributed by atoms with van der Waals surface area (Å²) in [7, 11) is 0. The van der Waals surface area contributed by atoms with E-state index in [0.717, 1.165) is 44.8 Å². The number of H-pyrrole nitrogens is 1. The highest BCUT2D eigenvalue weighted by Gasteiger charge is 2.28. The summed E-state index contributed by atoms with van der Waals surface area (Å²) in [4.78, 5) is 41.9. The van der Waals surface area contributed by atoms with Gasteiger partial charge in [0.05, 0.1) is 6.42 Å². The Balaban J connectivity index is 1.26. The number of hydrogen-bond donors (Lipinski definition) is 4. The van der Waals surface area contributed by atoms with E-state index < -0.39 is 23.8 Å². The second-order valence-corrected chi connectivity index (χ2v) is 11.0. The minimum absolute atomic E-state index is 0.282. The monoisotopic (exact) mass is 575 g/mol. The number of carboxylic acid groups (broad SMARTS) is 1. The van der Waals surface area contributed by atoms with E-state index in [2.05, 4.69) is 45.9 Å². The van der Waals surface area contributed by atoms with Crippen molar-refractivity contribution < 1.29 is 19.5 Å². The van der Waals surface area contributed by atoms with Crippen molar-refractivity contribution in [3.05, 3.63) is 120 Å². The molecule has 0 fully saturated rings. The van der Waals surface area contributed by atoms with Crippen molar-refractivity contribution in [1.82, 2.24) is 15.6 Å². The number of aliphatic carboxylic acids is 1. The van der Waals surface area contributed by atoms with Crippen molar-refractivity contribution in [2.45, 2.75) is 44.6 Å². The average Bonchev–Trinajstić information content (AvgIpc) is 3.43. The van der Waals surface area contributed by atoms with Crippen LogP contribution >= 0.6 is 0 Å². The zero-order chi connectivity index (χ0) is 30.0. The Hall–Kier alpha value is -4.91. The fourth-order valence-corrected chi connectivity index (χ4v) is 5.60. The first-order chi connectivity index (χ1) is 21.0. The van der Waals surface area contributed by atoms with Crippen LogP contribution in [0.2, 0.25) is 0 Å². The van der Waals surface area contributed by atoms with E-state index in [1.165, 1.54) is 0 Å². The molecule has 0 saturated carbocycles. The summed E-state index contributed by atoms with van der Waals surface area (Å²) < 4.78 is 0. The van der Waals surface area contributed by atoms with E-state index in [1.807, 2.05) is 72.9 Å². The summed E-state index contributed by atoms with van der Waals surface area (Å²) in [5.74, 6) is -2.49. The van der Waals surface area contributed by atoms with Crippen LogP contribution in [-0.2, 0) is 33.6 Å². The largest absolute Gasteiger partial charge is 0.481 e. The van der Waals surface area contributed by atoms with Crippen molar-refractivity contribution in [2.75, 3.05) is 6.54 Å². The van der Waals surface area contributed by atoms with Gasteiger partial charge in [-0.15, -0.1) is 0 Å². The number of carbonyl (C=O) groups excluding carboxylic acids is 2. The van der Waals surface area contributed by atoms with Crippen LogP contribution in [0.25, 0.3) is 21.7 Å². The number of aromatic nitrogens is 1. The molecule has 2 unspecified atom stereocenters. The Bertz CT molecular complexity index is 1690. The normalized spacial score (nSPS) is 12.6. The van der Waals surface area contributed by atoms with Gasteiger partial charge in [0.2, 0.25) is 11.8 Å². The first kappa shape index (κ1) is 29.6. The summed E-state index contributed by atoms with van der Waals surface area (Å²) in [5, 5.41) is 18.8. The maximum Gasteiger partial charge on any atom is 0.304 e. The first-order valence-corrected chi connectivity index (χ1v) is 14.8. The average molecular weight is 576 g/mol. The molecule has 0 aliphatic carbocycles. The van der Waals surface area contributed by atoms with Gasteiger partial charge in [0, 0.05) is 36.0 Å². The van der Waals surface area contributed by atoms with Gasteiger partial charge >= 0.3 is 5.97 Å². The van der Waals surface area contributed by atoms with Crippen LogP contribution < -0.4 is 10.6 Å². The topological polar surface area (TPSA) is 111 Å². The molecule has 43 heavy (non-hydrogen) atoms. The number of carboxylic acids is 1.